The predicted molar refractivity (Wildman–Crippen MR) is 132 cm³/mol. The van der Waals surface area contributed by atoms with E-state index in [1.54, 1.807) is 6.26 Å². The Balaban J connectivity index is 1.99. The standard InChI is InChI=1S/C24H26F2N4O4S2/c1-3-4-19(31)17-11-16(12-27)22(29-24(17)35-2)20-18(25)6-5-15(21(20)26)13-36(33,34)30-23(32)14-7-9-28-10-8-14/h5-6,11,14,28H,3-4,7-10,13H2,1-2H3,(H,30,32). The minimum absolute atomic E-state index is 0.185. The molecule has 36 heavy (non-hydrogen) atoms. The van der Waals surface area contributed by atoms with E-state index in [4.69, 9.17) is 0 Å². The molecule has 0 atom stereocenters. The van der Waals surface area contributed by atoms with Gasteiger partial charge in [0, 0.05) is 17.9 Å². The Morgan fingerprint density at radius 2 is 1.97 bits per heavy atom. The molecule has 3 rings (SSSR count). The van der Waals surface area contributed by atoms with Crippen LogP contribution in [-0.2, 0) is 20.6 Å². The Bertz CT molecular complexity index is 1320. The van der Waals surface area contributed by atoms with Gasteiger partial charge in [-0.1, -0.05) is 13.0 Å². The van der Waals surface area contributed by atoms with E-state index < -0.39 is 44.8 Å². The molecule has 1 saturated heterocycles. The summed E-state index contributed by atoms with van der Waals surface area (Å²) in [6.45, 7) is 3.00. The average Bonchev–Trinajstić information content (AvgIpc) is 2.85. The van der Waals surface area contributed by atoms with Crippen LogP contribution in [0.15, 0.2) is 23.2 Å². The molecular formula is C24H26F2N4O4S2. The number of carbonyl (C=O) groups excluding carboxylic acids is 2. The maximum absolute atomic E-state index is 15.5. The molecule has 1 amide bonds. The molecule has 192 valence electrons. The van der Waals surface area contributed by atoms with Gasteiger partial charge in [0.05, 0.1) is 28.1 Å². The number of sulfonamides is 1. The summed E-state index contributed by atoms with van der Waals surface area (Å²) in [5.41, 5.74) is -1.43. The second-order valence-corrected chi connectivity index (χ2v) is 10.9. The van der Waals surface area contributed by atoms with E-state index in [1.807, 2.05) is 17.7 Å². The van der Waals surface area contributed by atoms with Crippen LogP contribution in [-0.4, -0.2) is 44.4 Å². The number of thioether (sulfide) groups is 1. The van der Waals surface area contributed by atoms with E-state index in [9.17, 15) is 27.7 Å². The molecule has 0 radical (unpaired) electrons. The van der Waals surface area contributed by atoms with Crippen LogP contribution >= 0.6 is 11.8 Å². The number of nitrogens with zero attached hydrogens (tertiary/aromatic N) is 2. The molecule has 2 N–H and O–H groups in total. The van der Waals surface area contributed by atoms with Gasteiger partial charge < -0.3 is 5.32 Å². The molecule has 0 aliphatic carbocycles. The van der Waals surface area contributed by atoms with Crippen LogP contribution in [0.25, 0.3) is 11.3 Å². The monoisotopic (exact) mass is 536 g/mol. The maximum atomic E-state index is 15.5. The third kappa shape index (κ3) is 6.27. The van der Waals surface area contributed by atoms with Crippen molar-refractivity contribution in [1.29, 1.82) is 5.26 Å². The number of benzene rings is 1. The van der Waals surface area contributed by atoms with Gasteiger partial charge in [0.15, 0.2) is 5.78 Å². The van der Waals surface area contributed by atoms with Crippen LogP contribution in [0, 0.1) is 28.9 Å². The SMILES string of the molecule is CCCC(=O)c1cc(C#N)c(-c2c(F)ccc(CS(=O)(=O)NC(=O)C3CCNCC3)c2F)nc1SC. The van der Waals surface area contributed by atoms with Crippen LogP contribution in [0.2, 0.25) is 0 Å². The van der Waals surface area contributed by atoms with E-state index in [0.717, 1.165) is 23.9 Å². The van der Waals surface area contributed by atoms with E-state index in [0.29, 0.717) is 32.4 Å². The molecule has 8 nitrogen and oxygen atoms in total. The number of halogens is 2. The number of hydrogen-bond donors (Lipinski definition) is 2. The third-order valence-electron chi connectivity index (χ3n) is 5.80. The molecule has 0 saturated carbocycles. The average molecular weight is 537 g/mol. The van der Waals surface area contributed by atoms with Gasteiger partial charge in [0.2, 0.25) is 15.9 Å². The topological polar surface area (TPSA) is 129 Å². The van der Waals surface area contributed by atoms with Gasteiger partial charge in [-0.15, -0.1) is 11.8 Å². The molecule has 0 spiro atoms. The number of nitrogens with one attached hydrogen (secondary N) is 2. The Morgan fingerprint density at radius 3 is 2.58 bits per heavy atom. The highest BCUT2D eigenvalue weighted by Gasteiger charge is 2.28. The lowest BCUT2D eigenvalue weighted by Gasteiger charge is -2.21. The lowest BCUT2D eigenvalue weighted by Crippen LogP contribution is -2.41. The zero-order chi connectivity index (χ0) is 26.5. The number of Topliss-reactive ketones (excluding diaryl/α,β-unsaturated/α-hetero) is 1. The second-order valence-electron chi connectivity index (χ2n) is 8.37. The molecule has 1 aliphatic heterocycles. The van der Waals surface area contributed by atoms with Crippen molar-refractivity contribution in [2.45, 2.75) is 43.4 Å². The summed E-state index contributed by atoms with van der Waals surface area (Å²) in [6, 6.07) is 4.95. The fraction of sp³-hybridized carbons (Fsp3) is 0.417. The third-order valence-corrected chi connectivity index (χ3v) is 7.70. The summed E-state index contributed by atoms with van der Waals surface area (Å²) in [7, 11) is -4.29. The Labute approximate surface area is 212 Å². The van der Waals surface area contributed by atoms with Gasteiger partial charge in [-0.25, -0.2) is 22.2 Å². The van der Waals surface area contributed by atoms with Gasteiger partial charge >= 0.3 is 0 Å². The summed E-state index contributed by atoms with van der Waals surface area (Å²) < 4.78 is 57.6. The van der Waals surface area contributed by atoms with E-state index in [1.165, 1.54) is 6.07 Å². The molecule has 2 heterocycles. The Morgan fingerprint density at radius 1 is 1.28 bits per heavy atom. The first-order valence-electron chi connectivity index (χ1n) is 11.4. The van der Waals surface area contributed by atoms with E-state index in [2.05, 4.69) is 10.3 Å². The normalized spacial score (nSPS) is 14.3. The molecule has 1 fully saturated rings. The summed E-state index contributed by atoms with van der Waals surface area (Å²) in [6.07, 6.45) is 3.39. The van der Waals surface area contributed by atoms with E-state index >= 15 is 4.39 Å². The molecule has 0 unspecified atom stereocenters. The van der Waals surface area contributed by atoms with Gasteiger partial charge in [-0.3, -0.25) is 14.3 Å². The number of piperidine rings is 1. The van der Waals surface area contributed by atoms with Crippen molar-refractivity contribution in [3.8, 4) is 17.3 Å². The predicted octanol–water partition coefficient (Wildman–Crippen LogP) is 3.55. The first-order valence-corrected chi connectivity index (χ1v) is 14.2. The minimum atomic E-state index is -4.29. The summed E-state index contributed by atoms with van der Waals surface area (Å²) in [4.78, 5) is 29.1. The van der Waals surface area contributed by atoms with Crippen LogP contribution in [0.4, 0.5) is 8.78 Å². The fourth-order valence-electron chi connectivity index (χ4n) is 3.98. The number of hydrogen-bond acceptors (Lipinski definition) is 8. The lowest BCUT2D eigenvalue weighted by atomic mass is 9.98. The van der Waals surface area contributed by atoms with Crippen molar-refractivity contribution in [2.24, 2.45) is 5.92 Å². The van der Waals surface area contributed by atoms with Gasteiger partial charge in [-0.05, 0) is 50.7 Å². The maximum Gasteiger partial charge on any atom is 0.239 e. The summed E-state index contributed by atoms with van der Waals surface area (Å²) in [5, 5.41) is 12.9. The number of amides is 1. The first kappa shape index (κ1) is 27.7. The molecule has 1 aromatic heterocycles. The fourth-order valence-corrected chi connectivity index (χ4v) is 5.73. The van der Waals surface area contributed by atoms with Crippen molar-refractivity contribution >= 4 is 33.5 Å². The Hall–Kier alpha value is -2.88. The highest BCUT2D eigenvalue weighted by Crippen LogP contribution is 2.33. The number of pyridine rings is 1. The van der Waals surface area contributed by atoms with Crippen molar-refractivity contribution in [1.82, 2.24) is 15.0 Å². The summed E-state index contributed by atoms with van der Waals surface area (Å²) >= 11 is 1.09. The smallest absolute Gasteiger partial charge is 0.239 e. The molecule has 0 bridgehead atoms. The number of ketones is 1. The van der Waals surface area contributed by atoms with Crippen molar-refractivity contribution < 1.29 is 26.8 Å². The number of carbonyl (C=O) groups is 2. The number of nitriles is 1. The summed E-state index contributed by atoms with van der Waals surface area (Å²) in [5.74, 6) is -4.55. The number of rotatable bonds is 9. The molecule has 2 aromatic rings. The van der Waals surface area contributed by atoms with Crippen LogP contribution in [0.3, 0.4) is 0 Å². The zero-order valence-electron chi connectivity index (χ0n) is 19.9. The van der Waals surface area contributed by atoms with Crippen LogP contribution in [0.5, 0.6) is 0 Å². The van der Waals surface area contributed by atoms with E-state index in [-0.39, 0.29) is 39.6 Å². The molecule has 1 aliphatic rings. The van der Waals surface area contributed by atoms with Gasteiger partial charge in [-0.2, -0.15) is 5.26 Å². The minimum Gasteiger partial charge on any atom is -0.317 e. The van der Waals surface area contributed by atoms with Gasteiger partial charge in [0.1, 0.15) is 22.7 Å². The zero-order valence-corrected chi connectivity index (χ0v) is 21.5. The van der Waals surface area contributed by atoms with Gasteiger partial charge in [0.25, 0.3) is 0 Å². The molecular weight excluding hydrogens is 510 g/mol. The Kier molecular flexibility index (Phi) is 9.16. The quantitative estimate of drug-likeness (QED) is 0.368. The van der Waals surface area contributed by atoms with Crippen molar-refractivity contribution in [2.75, 3.05) is 19.3 Å². The highest BCUT2D eigenvalue weighted by molar-refractivity contribution is 7.98. The van der Waals surface area contributed by atoms with Crippen LogP contribution in [0.1, 0.15) is 54.1 Å². The number of aromatic nitrogens is 1. The lowest BCUT2D eigenvalue weighted by molar-refractivity contribution is -0.123. The largest absolute Gasteiger partial charge is 0.317 e. The molecule has 12 heteroatoms. The molecule has 1 aromatic carbocycles. The van der Waals surface area contributed by atoms with Crippen LogP contribution < -0.4 is 10.0 Å². The highest BCUT2D eigenvalue weighted by atomic mass is 32.2. The second kappa shape index (κ2) is 11.9. The first-order chi connectivity index (χ1) is 17.1. The van der Waals surface area contributed by atoms with Crippen molar-refractivity contribution in [3.63, 3.8) is 0 Å². The van der Waals surface area contributed by atoms with Crippen molar-refractivity contribution in [3.05, 3.63) is 46.5 Å².